The van der Waals surface area contributed by atoms with Gasteiger partial charge >= 0.3 is 6.18 Å². The maximum atomic E-state index is 13.2. The van der Waals surface area contributed by atoms with Crippen LogP contribution in [0.3, 0.4) is 0 Å². The summed E-state index contributed by atoms with van der Waals surface area (Å²) in [5, 5.41) is 15.3. The Hall–Kier alpha value is -2.09. The molecule has 0 amide bonds. The van der Waals surface area contributed by atoms with Crippen LogP contribution in [-0.2, 0) is 12.7 Å². The van der Waals surface area contributed by atoms with Crippen LogP contribution in [0, 0.1) is 6.92 Å². The Kier molecular flexibility index (Phi) is 5.07. The highest BCUT2D eigenvalue weighted by atomic mass is 19.4. The highest BCUT2D eigenvalue weighted by Crippen LogP contribution is 2.36. The quantitative estimate of drug-likeness (QED) is 0.716. The molecular formula is C21H24F3N3O. The van der Waals surface area contributed by atoms with Crippen molar-refractivity contribution in [1.82, 2.24) is 14.8 Å². The fourth-order valence-corrected chi connectivity index (χ4v) is 4.05. The van der Waals surface area contributed by atoms with Crippen molar-refractivity contribution in [2.24, 2.45) is 0 Å². The van der Waals surface area contributed by atoms with Gasteiger partial charge in [-0.25, -0.2) is 0 Å². The molecule has 1 atom stereocenters. The highest BCUT2D eigenvalue weighted by Gasteiger charge is 2.31. The summed E-state index contributed by atoms with van der Waals surface area (Å²) in [5.41, 5.74) is 1.90. The minimum Gasteiger partial charge on any atom is -0.390 e. The Bertz CT molecular complexity index is 990. The van der Waals surface area contributed by atoms with E-state index < -0.39 is 17.8 Å². The van der Waals surface area contributed by atoms with Crippen LogP contribution in [0.25, 0.3) is 21.8 Å². The monoisotopic (exact) mass is 391 g/mol. The van der Waals surface area contributed by atoms with Crippen LogP contribution >= 0.6 is 0 Å². The van der Waals surface area contributed by atoms with E-state index in [1.54, 1.807) is 0 Å². The van der Waals surface area contributed by atoms with E-state index in [0.29, 0.717) is 24.0 Å². The molecule has 0 bridgehead atoms. The molecule has 0 saturated carbocycles. The van der Waals surface area contributed by atoms with Gasteiger partial charge < -0.3 is 15.0 Å². The molecule has 2 N–H and O–H groups in total. The number of rotatable bonds is 4. The maximum absolute atomic E-state index is 13.2. The van der Waals surface area contributed by atoms with Gasteiger partial charge in [-0.1, -0.05) is 11.6 Å². The zero-order valence-corrected chi connectivity index (χ0v) is 15.8. The number of nitrogens with one attached hydrogen (secondary N) is 1. The summed E-state index contributed by atoms with van der Waals surface area (Å²) in [7, 11) is 0. The van der Waals surface area contributed by atoms with Gasteiger partial charge in [0, 0.05) is 54.5 Å². The van der Waals surface area contributed by atoms with Gasteiger partial charge in [-0.2, -0.15) is 13.2 Å². The number of halogens is 3. The van der Waals surface area contributed by atoms with Crippen molar-refractivity contribution in [3.05, 3.63) is 47.5 Å². The predicted molar refractivity (Wildman–Crippen MR) is 104 cm³/mol. The SMILES string of the molecule is Cc1ccc2c(c1)c1cc(C(F)(F)F)ccc1n2CC(O)CN1CCNCC1. The molecule has 0 radical (unpaired) electrons. The number of aryl methyl sites for hydroxylation is 1. The van der Waals surface area contributed by atoms with Crippen molar-refractivity contribution in [2.75, 3.05) is 32.7 Å². The number of fused-ring (bicyclic) bond motifs is 3. The molecular weight excluding hydrogens is 367 g/mol. The van der Waals surface area contributed by atoms with Gasteiger partial charge in [-0.15, -0.1) is 0 Å². The fraction of sp³-hybridized carbons (Fsp3) is 0.429. The largest absolute Gasteiger partial charge is 0.416 e. The zero-order valence-electron chi connectivity index (χ0n) is 15.8. The molecule has 1 saturated heterocycles. The van der Waals surface area contributed by atoms with Crippen LogP contribution in [0.2, 0.25) is 0 Å². The van der Waals surface area contributed by atoms with Crippen LogP contribution in [0.5, 0.6) is 0 Å². The topological polar surface area (TPSA) is 40.4 Å². The number of aliphatic hydroxyl groups is 1. The summed E-state index contributed by atoms with van der Waals surface area (Å²) in [6.07, 6.45) is -4.98. The second kappa shape index (κ2) is 7.39. The first-order chi connectivity index (χ1) is 13.3. The first kappa shape index (κ1) is 19.2. The van der Waals surface area contributed by atoms with E-state index in [2.05, 4.69) is 10.2 Å². The van der Waals surface area contributed by atoms with Crippen molar-refractivity contribution in [3.8, 4) is 0 Å². The molecule has 1 unspecified atom stereocenters. The van der Waals surface area contributed by atoms with E-state index >= 15 is 0 Å². The summed E-state index contributed by atoms with van der Waals surface area (Å²) in [5.74, 6) is 0. The third kappa shape index (κ3) is 3.74. The van der Waals surface area contributed by atoms with Gasteiger partial charge in [-0.3, -0.25) is 4.90 Å². The van der Waals surface area contributed by atoms with Gasteiger partial charge in [0.05, 0.1) is 18.2 Å². The van der Waals surface area contributed by atoms with Gasteiger partial charge in [0.2, 0.25) is 0 Å². The minimum absolute atomic E-state index is 0.346. The van der Waals surface area contributed by atoms with Gasteiger partial charge in [0.1, 0.15) is 0 Å². The van der Waals surface area contributed by atoms with Crippen LogP contribution in [0.4, 0.5) is 13.2 Å². The van der Waals surface area contributed by atoms with Gasteiger partial charge in [0.25, 0.3) is 0 Å². The Labute approximate surface area is 161 Å². The molecule has 3 aromatic rings. The number of aromatic nitrogens is 1. The molecule has 0 aliphatic carbocycles. The molecule has 1 aliphatic rings. The highest BCUT2D eigenvalue weighted by molar-refractivity contribution is 6.08. The molecule has 2 aromatic carbocycles. The summed E-state index contributed by atoms with van der Waals surface area (Å²) in [4.78, 5) is 2.21. The lowest BCUT2D eigenvalue weighted by Gasteiger charge is -2.29. The lowest BCUT2D eigenvalue weighted by molar-refractivity contribution is -0.137. The Morgan fingerprint density at radius 3 is 2.32 bits per heavy atom. The fourth-order valence-electron chi connectivity index (χ4n) is 4.05. The van der Waals surface area contributed by atoms with Crippen LogP contribution in [0.15, 0.2) is 36.4 Å². The standard InChI is InChI=1S/C21H24F3N3O/c1-14-2-4-19-17(10-14)18-11-15(21(22,23)24)3-5-20(18)27(19)13-16(28)12-26-8-6-25-7-9-26/h2-5,10-11,16,25,28H,6-9,12-13H2,1H3. The number of benzene rings is 2. The molecule has 2 heterocycles. The summed E-state index contributed by atoms with van der Waals surface area (Å²) in [6, 6.07) is 9.64. The van der Waals surface area contributed by atoms with Crippen molar-refractivity contribution in [2.45, 2.75) is 25.7 Å². The van der Waals surface area contributed by atoms with Crippen LogP contribution in [0.1, 0.15) is 11.1 Å². The van der Waals surface area contributed by atoms with E-state index in [9.17, 15) is 18.3 Å². The van der Waals surface area contributed by atoms with E-state index in [-0.39, 0.29) is 0 Å². The maximum Gasteiger partial charge on any atom is 0.416 e. The number of aliphatic hydroxyl groups excluding tert-OH is 1. The molecule has 7 heteroatoms. The van der Waals surface area contributed by atoms with E-state index in [1.807, 2.05) is 29.7 Å². The molecule has 1 fully saturated rings. The second-order valence-corrected chi connectivity index (χ2v) is 7.57. The lowest BCUT2D eigenvalue weighted by atomic mass is 10.1. The van der Waals surface area contributed by atoms with E-state index in [1.165, 1.54) is 12.1 Å². The molecule has 4 rings (SSSR count). The van der Waals surface area contributed by atoms with E-state index in [0.717, 1.165) is 48.7 Å². The Morgan fingerprint density at radius 2 is 1.64 bits per heavy atom. The van der Waals surface area contributed by atoms with E-state index in [4.69, 9.17) is 0 Å². The van der Waals surface area contributed by atoms with Crippen molar-refractivity contribution in [3.63, 3.8) is 0 Å². The first-order valence-corrected chi connectivity index (χ1v) is 9.54. The summed E-state index contributed by atoms with van der Waals surface area (Å²) >= 11 is 0. The summed E-state index contributed by atoms with van der Waals surface area (Å²) < 4.78 is 41.6. The smallest absolute Gasteiger partial charge is 0.390 e. The van der Waals surface area contributed by atoms with Crippen molar-refractivity contribution < 1.29 is 18.3 Å². The predicted octanol–water partition coefficient (Wildman–Crippen LogP) is 3.39. The van der Waals surface area contributed by atoms with Gasteiger partial charge in [-0.05, 0) is 37.3 Å². The third-order valence-electron chi connectivity index (χ3n) is 5.42. The van der Waals surface area contributed by atoms with Crippen LogP contribution in [-0.4, -0.2) is 53.4 Å². The number of hydrogen-bond acceptors (Lipinski definition) is 3. The normalized spacial score (nSPS) is 17.5. The molecule has 4 nitrogen and oxygen atoms in total. The van der Waals surface area contributed by atoms with Crippen molar-refractivity contribution >= 4 is 21.8 Å². The molecule has 1 aromatic heterocycles. The number of nitrogens with zero attached hydrogens (tertiary/aromatic N) is 2. The van der Waals surface area contributed by atoms with Crippen molar-refractivity contribution in [1.29, 1.82) is 0 Å². The number of hydrogen-bond donors (Lipinski definition) is 2. The average Bonchev–Trinajstić information content (AvgIpc) is 2.94. The average molecular weight is 391 g/mol. The molecule has 28 heavy (non-hydrogen) atoms. The van der Waals surface area contributed by atoms with Crippen LogP contribution < -0.4 is 5.32 Å². The Balaban J connectivity index is 1.73. The molecule has 150 valence electrons. The lowest BCUT2D eigenvalue weighted by Crippen LogP contribution is -2.46. The zero-order chi connectivity index (χ0) is 19.9. The molecule has 0 spiro atoms. The molecule has 1 aliphatic heterocycles. The first-order valence-electron chi connectivity index (χ1n) is 9.54. The number of alkyl halides is 3. The number of piperazine rings is 1. The van der Waals surface area contributed by atoms with Gasteiger partial charge in [0.15, 0.2) is 0 Å². The minimum atomic E-state index is -4.38. The second-order valence-electron chi connectivity index (χ2n) is 7.57. The number of β-amino-alcohol motifs (C(OH)–C–C–N with tert-alkyl or cyclic N) is 1. The third-order valence-corrected chi connectivity index (χ3v) is 5.42. The summed E-state index contributed by atoms with van der Waals surface area (Å²) in [6.45, 7) is 6.41. The Morgan fingerprint density at radius 1 is 1.00 bits per heavy atom.